The first-order valence-corrected chi connectivity index (χ1v) is 9.89. The second-order valence-corrected chi connectivity index (χ2v) is 8.52. The predicted molar refractivity (Wildman–Crippen MR) is 111 cm³/mol. The lowest BCUT2D eigenvalue weighted by atomic mass is 9.87. The van der Waals surface area contributed by atoms with E-state index < -0.39 is 0 Å². The van der Waals surface area contributed by atoms with Crippen LogP contribution in [0, 0.1) is 0 Å². The third-order valence-corrected chi connectivity index (χ3v) is 5.05. The number of thioether (sulfide) groups is 1. The van der Waals surface area contributed by atoms with E-state index in [9.17, 15) is 4.79 Å². The van der Waals surface area contributed by atoms with Crippen molar-refractivity contribution in [3.05, 3.63) is 59.1 Å². The first-order chi connectivity index (χ1) is 12.8. The minimum atomic E-state index is -0.122. The molecule has 5 nitrogen and oxygen atoms in total. The summed E-state index contributed by atoms with van der Waals surface area (Å²) < 4.78 is 0. The molecular formula is C20H21ClN4OS. The van der Waals surface area contributed by atoms with Gasteiger partial charge in [0, 0.05) is 16.3 Å². The molecule has 2 aromatic carbocycles. The van der Waals surface area contributed by atoms with Gasteiger partial charge < -0.3 is 5.32 Å². The molecule has 0 bridgehead atoms. The molecule has 3 aromatic rings. The maximum Gasteiger partial charge on any atom is 0.234 e. The van der Waals surface area contributed by atoms with Crippen molar-refractivity contribution in [1.82, 2.24) is 15.2 Å². The van der Waals surface area contributed by atoms with Crippen molar-refractivity contribution in [3.63, 3.8) is 0 Å². The van der Waals surface area contributed by atoms with Crippen LogP contribution in [0.1, 0.15) is 26.3 Å². The molecule has 0 aliphatic heterocycles. The van der Waals surface area contributed by atoms with Crippen LogP contribution >= 0.6 is 23.4 Å². The Morgan fingerprint density at radius 1 is 1.11 bits per heavy atom. The molecular weight excluding hydrogens is 380 g/mol. The van der Waals surface area contributed by atoms with Gasteiger partial charge in [-0.2, -0.15) is 0 Å². The SMILES string of the molecule is CC(C)(C)c1ccc(-c2nc(SCC(=O)Nc3ccc(Cl)cc3)n[nH]2)cc1. The Kier molecular flexibility index (Phi) is 5.87. The van der Waals surface area contributed by atoms with Crippen molar-refractivity contribution in [2.75, 3.05) is 11.1 Å². The van der Waals surface area contributed by atoms with Crippen LogP contribution in [-0.2, 0) is 10.2 Å². The Morgan fingerprint density at radius 2 is 1.78 bits per heavy atom. The number of anilines is 1. The maximum atomic E-state index is 12.0. The minimum Gasteiger partial charge on any atom is -0.325 e. The molecule has 2 N–H and O–H groups in total. The van der Waals surface area contributed by atoms with E-state index in [2.05, 4.69) is 53.4 Å². The normalized spacial score (nSPS) is 11.4. The first kappa shape index (κ1) is 19.5. The number of hydrogen-bond acceptors (Lipinski definition) is 4. The van der Waals surface area contributed by atoms with Crippen LogP contribution in [0.25, 0.3) is 11.4 Å². The molecule has 0 aliphatic carbocycles. The highest BCUT2D eigenvalue weighted by Crippen LogP contribution is 2.25. The first-order valence-electron chi connectivity index (χ1n) is 8.53. The number of benzene rings is 2. The zero-order valence-corrected chi connectivity index (χ0v) is 17.0. The van der Waals surface area contributed by atoms with Crippen molar-refractivity contribution in [2.24, 2.45) is 0 Å². The fraction of sp³-hybridized carbons (Fsp3) is 0.250. The summed E-state index contributed by atoms with van der Waals surface area (Å²) in [6, 6.07) is 15.3. The number of nitrogens with zero attached hydrogens (tertiary/aromatic N) is 2. The van der Waals surface area contributed by atoms with Crippen molar-refractivity contribution in [1.29, 1.82) is 0 Å². The number of nitrogens with one attached hydrogen (secondary N) is 2. The molecule has 0 atom stereocenters. The predicted octanol–water partition coefficient (Wildman–Crippen LogP) is 5.15. The molecule has 0 unspecified atom stereocenters. The summed E-state index contributed by atoms with van der Waals surface area (Å²) in [5, 5.41) is 11.1. The number of amides is 1. The van der Waals surface area contributed by atoms with Crippen LogP contribution in [0.4, 0.5) is 5.69 Å². The van der Waals surface area contributed by atoms with E-state index >= 15 is 0 Å². The topological polar surface area (TPSA) is 70.7 Å². The molecule has 0 saturated carbocycles. The summed E-state index contributed by atoms with van der Waals surface area (Å²) in [6.45, 7) is 6.54. The Bertz CT molecular complexity index is 914. The molecule has 7 heteroatoms. The van der Waals surface area contributed by atoms with E-state index in [1.807, 2.05) is 12.1 Å². The third kappa shape index (κ3) is 5.34. The van der Waals surface area contributed by atoms with Crippen molar-refractivity contribution >= 4 is 35.0 Å². The number of H-pyrrole nitrogens is 1. The monoisotopic (exact) mass is 400 g/mol. The molecule has 0 saturated heterocycles. The summed E-state index contributed by atoms with van der Waals surface area (Å²) >= 11 is 7.12. The lowest BCUT2D eigenvalue weighted by Gasteiger charge is -2.18. The summed E-state index contributed by atoms with van der Waals surface area (Å²) in [5.41, 5.74) is 3.05. The lowest BCUT2D eigenvalue weighted by Crippen LogP contribution is -2.13. The van der Waals surface area contributed by atoms with E-state index in [-0.39, 0.29) is 17.1 Å². The fourth-order valence-corrected chi connectivity index (χ4v) is 3.15. The molecule has 0 aliphatic rings. The summed E-state index contributed by atoms with van der Waals surface area (Å²) in [6.07, 6.45) is 0. The van der Waals surface area contributed by atoms with Gasteiger partial charge in [0.2, 0.25) is 11.1 Å². The van der Waals surface area contributed by atoms with Crippen LogP contribution in [-0.4, -0.2) is 26.8 Å². The second-order valence-electron chi connectivity index (χ2n) is 7.14. The van der Waals surface area contributed by atoms with Crippen LogP contribution in [0.3, 0.4) is 0 Å². The standard InChI is InChI=1S/C20H21ClN4OS/c1-20(2,3)14-6-4-13(5-7-14)18-23-19(25-24-18)27-12-17(26)22-16-10-8-15(21)9-11-16/h4-11H,12H2,1-3H3,(H,22,26)(H,23,24,25). The van der Waals surface area contributed by atoms with Gasteiger partial charge in [0.25, 0.3) is 0 Å². The van der Waals surface area contributed by atoms with Gasteiger partial charge in [-0.1, -0.05) is 68.4 Å². The van der Waals surface area contributed by atoms with Gasteiger partial charge >= 0.3 is 0 Å². The van der Waals surface area contributed by atoms with Gasteiger partial charge in [0.15, 0.2) is 5.82 Å². The van der Waals surface area contributed by atoms with Gasteiger partial charge in [-0.3, -0.25) is 9.89 Å². The van der Waals surface area contributed by atoms with Gasteiger partial charge in [0.05, 0.1) is 5.75 Å². The number of hydrogen-bond donors (Lipinski definition) is 2. The molecule has 1 aromatic heterocycles. The Morgan fingerprint density at radius 3 is 2.41 bits per heavy atom. The number of halogens is 1. The summed E-state index contributed by atoms with van der Waals surface area (Å²) in [5.74, 6) is 0.794. The van der Waals surface area contributed by atoms with Crippen LogP contribution < -0.4 is 5.32 Å². The van der Waals surface area contributed by atoms with Gasteiger partial charge in [-0.15, -0.1) is 5.10 Å². The van der Waals surface area contributed by atoms with E-state index in [4.69, 9.17) is 11.6 Å². The smallest absolute Gasteiger partial charge is 0.234 e. The molecule has 0 spiro atoms. The molecule has 1 heterocycles. The van der Waals surface area contributed by atoms with Gasteiger partial charge in [-0.25, -0.2) is 4.98 Å². The number of rotatable bonds is 5. The Hall–Kier alpha value is -2.31. The largest absolute Gasteiger partial charge is 0.325 e. The van der Waals surface area contributed by atoms with Crippen LogP contribution in [0.15, 0.2) is 53.7 Å². The molecule has 3 rings (SSSR count). The van der Waals surface area contributed by atoms with Crippen LogP contribution in [0.2, 0.25) is 5.02 Å². The summed E-state index contributed by atoms with van der Waals surface area (Å²) in [4.78, 5) is 16.5. The highest BCUT2D eigenvalue weighted by molar-refractivity contribution is 7.99. The number of aromatic nitrogens is 3. The number of aromatic amines is 1. The zero-order chi connectivity index (χ0) is 19.4. The number of carbonyl (C=O) groups is 1. The lowest BCUT2D eigenvalue weighted by molar-refractivity contribution is -0.113. The highest BCUT2D eigenvalue weighted by Gasteiger charge is 2.14. The maximum absolute atomic E-state index is 12.0. The zero-order valence-electron chi connectivity index (χ0n) is 15.4. The quantitative estimate of drug-likeness (QED) is 0.581. The Balaban J connectivity index is 1.57. The van der Waals surface area contributed by atoms with Crippen molar-refractivity contribution in [3.8, 4) is 11.4 Å². The van der Waals surface area contributed by atoms with Gasteiger partial charge in [-0.05, 0) is 35.2 Å². The van der Waals surface area contributed by atoms with Crippen molar-refractivity contribution in [2.45, 2.75) is 31.3 Å². The second kappa shape index (κ2) is 8.15. The van der Waals surface area contributed by atoms with Gasteiger partial charge in [0.1, 0.15) is 0 Å². The average molecular weight is 401 g/mol. The van der Waals surface area contributed by atoms with Crippen LogP contribution in [0.5, 0.6) is 0 Å². The molecule has 1 amide bonds. The molecule has 27 heavy (non-hydrogen) atoms. The number of carbonyl (C=O) groups excluding carboxylic acids is 1. The third-order valence-electron chi connectivity index (χ3n) is 3.95. The summed E-state index contributed by atoms with van der Waals surface area (Å²) in [7, 11) is 0. The molecule has 140 valence electrons. The molecule has 0 fully saturated rings. The average Bonchev–Trinajstić information content (AvgIpc) is 3.10. The fourth-order valence-electron chi connectivity index (χ4n) is 2.43. The van der Waals surface area contributed by atoms with E-state index in [1.54, 1.807) is 24.3 Å². The van der Waals surface area contributed by atoms with E-state index in [1.165, 1.54) is 17.3 Å². The minimum absolute atomic E-state index is 0.110. The highest BCUT2D eigenvalue weighted by atomic mass is 35.5. The Labute approximate surface area is 167 Å². The van der Waals surface area contributed by atoms with Crippen molar-refractivity contribution < 1.29 is 4.79 Å². The van der Waals surface area contributed by atoms with E-state index in [0.29, 0.717) is 21.7 Å². The molecule has 0 radical (unpaired) electrons. The van der Waals surface area contributed by atoms with E-state index in [0.717, 1.165) is 5.56 Å².